The minimum Gasteiger partial charge on any atom is -0.448 e. The highest BCUT2D eigenvalue weighted by atomic mass is 35.5. The number of benzene rings is 3. The molecule has 5 heteroatoms. The summed E-state index contributed by atoms with van der Waals surface area (Å²) in [5.41, 5.74) is 6.71. The first-order valence-electron chi connectivity index (χ1n) is 10.0. The van der Waals surface area contributed by atoms with Crippen LogP contribution >= 0.6 is 11.6 Å². The summed E-state index contributed by atoms with van der Waals surface area (Å²) in [7, 11) is 0. The fourth-order valence-electron chi connectivity index (χ4n) is 4.59. The number of ether oxygens (including phenoxy) is 1. The van der Waals surface area contributed by atoms with E-state index in [4.69, 9.17) is 16.3 Å². The Labute approximate surface area is 180 Å². The molecular formula is C25H20ClNO3. The number of hydrogen-bond acceptors (Lipinski definition) is 3. The van der Waals surface area contributed by atoms with Gasteiger partial charge in [0.1, 0.15) is 12.6 Å². The van der Waals surface area contributed by atoms with Crippen LogP contribution in [0.1, 0.15) is 28.2 Å². The predicted molar refractivity (Wildman–Crippen MR) is 115 cm³/mol. The van der Waals surface area contributed by atoms with Crippen LogP contribution in [0.15, 0.2) is 72.8 Å². The van der Waals surface area contributed by atoms with Crippen LogP contribution in [-0.2, 0) is 22.5 Å². The van der Waals surface area contributed by atoms with Gasteiger partial charge in [-0.05, 0) is 45.0 Å². The van der Waals surface area contributed by atoms with Crippen LogP contribution < -0.4 is 0 Å². The fraction of sp³-hybridized carbons (Fsp3) is 0.200. The number of nitrogens with zero attached hydrogens (tertiary/aromatic N) is 1. The molecule has 2 aliphatic rings. The van der Waals surface area contributed by atoms with Crippen LogP contribution in [0.4, 0.5) is 4.79 Å². The summed E-state index contributed by atoms with van der Waals surface area (Å²) in [5, 5.41) is -0.544. The summed E-state index contributed by atoms with van der Waals surface area (Å²) in [6, 6.07) is 23.5. The second-order valence-electron chi connectivity index (χ2n) is 7.72. The van der Waals surface area contributed by atoms with Gasteiger partial charge >= 0.3 is 6.09 Å². The Hall–Kier alpha value is -3.11. The topological polar surface area (TPSA) is 46.6 Å². The van der Waals surface area contributed by atoms with Gasteiger partial charge in [-0.1, -0.05) is 72.8 Å². The van der Waals surface area contributed by atoms with Gasteiger partial charge in [-0.15, -0.1) is 0 Å². The molecule has 1 aliphatic heterocycles. The Morgan fingerprint density at radius 3 is 2.07 bits per heavy atom. The van der Waals surface area contributed by atoms with E-state index in [0.717, 1.165) is 22.3 Å². The minimum absolute atomic E-state index is 0.0245. The van der Waals surface area contributed by atoms with E-state index in [0.29, 0.717) is 13.0 Å². The molecule has 0 fully saturated rings. The number of fused-ring (bicyclic) bond motifs is 4. The van der Waals surface area contributed by atoms with Gasteiger partial charge in [0.2, 0.25) is 5.24 Å². The largest absolute Gasteiger partial charge is 0.448 e. The standard InChI is InChI=1S/C25H20ClNO3/c26-24(28)23-13-16-7-1-2-8-17(16)14-27(23)25(29)30-15-22-20-11-5-3-9-18(20)19-10-4-6-12-21(19)22/h1-12,22-23H,13-15H2/t23-/m1/s1. The number of carbonyl (C=O) groups excluding carboxylic acids is 2. The molecule has 3 aromatic rings. The van der Waals surface area contributed by atoms with E-state index in [9.17, 15) is 9.59 Å². The van der Waals surface area contributed by atoms with Crippen molar-refractivity contribution in [2.45, 2.75) is 24.9 Å². The maximum absolute atomic E-state index is 13.0. The van der Waals surface area contributed by atoms with E-state index in [2.05, 4.69) is 24.3 Å². The van der Waals surface area contributed by atoms with E-state index in [1.54, 1.807) is 0 Å². The van der Waals surface area contributed by atoms with Crippen LogP contribution in [-0.4, -0.2) is 28.9 Å². The van der Waals surface area contributed by atoms with Crippen molar-refractivity contribution < 1.29 is 14.3 Å². The Morgan fingerprint density at radius 1 is 0.867 bits per heavy atom. The summed E-state index contributed by atoms with van der Waals surface area (Å²) in [5.74, 6) is -0.0245. The molecule has 0 aromatic heterocycles. The van der Waals surface area contributed by atoms with Crippen molar-refractivity contribution in [2.75, 3.05) is 6.61 Å². The molecule has 5 rings (SSSR count). The summed E-state index contributed by atoms with van der Waals surface area (Å²) >= 11 is 5.83. The summed E-state index contributed by atoms with van der Waals surface area (Å²) in [6.07, 6.45) is -0.103. The Morgan fingerprint density at radius 2 is 1.43 bits per heavy atom. The van der Waals surface area contributed by atoms with Crippen LogP contribution in [0.2, 0.25) is 0 Å². The van der Waals surface area contributed by atoms with E-state index in [-0.39, 0.29) is 12.5 Å². The van der Waals surface area contributed by atoms with E-state index >= 15 is 0 Å². The lowest BCUT2D eigenvalue weighted by Crippen LogP contribution is -2.47. The second-order valence-corrected chi connectivity index (χ2v) is 8.10. The van der Waals surface area contributed by atoms with Gasteiger partial charge < -0.3 is 4.74 Å². The number of amides is 1. The molecule has 4 nitrogen and oxygen atoms in total. The molecule has 0 unspecified atom stereocenters. The van der Waals surface area contributed by atoms with Gasteiger partial charge in [0.05, 0.1) is 6.54 Å². The maximum Gasteiger partial charge on any atom is 0.410 e. The first kappa shape index (κ1) is 18.9. The van der Waals surface area contributed by atoms with Crippen molar-refractivity contribution in [2.24, 2.45) is 0 Å². The number of rotatable bonds is 3. The van der Waals surface area contributed by atoms with Crippen LogP contribution in [0.25, 0.3) is 11.1 Å². The summed E-state index contributed by atoms with van der Waals surface area (Å²) in [4.78, 5) is 26.5. The van der Waals surface area contributed by atoms with Crippen molar-refractivity contribution in [1.82, 2.24) is 4.90 Å². The van der Waals surface area contributed by atoms with Gasteiger partial charge in [-0.2, -0.15) is 0 Å². The Kier molecular flexibility index (Phi) is 4.80. The number of hydrogen-bond donors (Lipinski definition) is 0. The lowest BCUT2D eigenvalue weighted by Gasteiger charge is -2.34. The van der Waals surface area contributed by atoms with Gasteiger partial charge in [0, 0.05) is 12.3 Å². The molecule has 0 N–H and O–H groups in total. The fourth-order valence-corrected chi connectivity index (χ4v) is 4.79. The first-order valence-corrected chi connectivity index (χ1v) is 10.4. The van der Waals surface area contributed by atoms with E-state index in [1.165, 1.54) is 16.0 Å². The lowest BCUT2D eigenvalue weighted by molar-refractivity contribution is -0.116. The van der Waals surface area contributed by atoms with Gasteiger partial charge in [-0.3, -0.25) is 9.69 Å². The zero-order valence-electron chi connectivity index (χ0n) is 16.3. The smallest absolute Gasteiger partial charge is 0.410 e. The molecule has 0 saturated heterocycles. The summed E-state index contributed by atoms with van der Waals surface area (Å²) < 4.78 is 5.75. The third kappa shape index (κ3) is 3.17. The SMILES string of the molecule is O=C(Cl)[C@H]1Cc2ccccc2CN1C(=O)OCC1c2ccccc2-c2ccccc21. The zero-order valence-corrected chi connectivity index (χ0v) is 17.0. The average Bonchev–Trinajstić information content (AvgIpc) is 3.10. The van der Waals surface area contributed by atoms with Crippen molar-refractivity contribution in [3.63, 3.8) is 0 Å². The van der Waals surface area contributed by atoms with Crippen LogP contribution in [0.3, 0.4) is 0 Å². The van der Waals surface area contributed by atoms with Crippen molar-refractivity contribution >= 4 is 22.9 Å². The predicted octanol–water partition coefficient (Wildman–Crippen LogP) is 5.13. The number of halogens is 1. The highest BCUT2D eigenvalue weighted by Crippen LogP contribution is 2.44. The van der Waals surface area contributed by atoms with Gasteiger partial charge in [0.25, 0.3) is 0 Å². The van der Waals surface area contributed by atoms with Crippen LogP contribution in [0, 0.1) is 0 Å². The molecule has 0 radical (unpaired) electrons. The molecular weight excluding hydrogens is 398 g/mol. The molecule has 150 valence electrons. The third-order valence-electron chi connectivity index (χ3n) is 6.08. The van der Waals surface area contributed by atoms with Crippen molar-refractivity contribution in [3.8, 4) is 11.1 Å². The maximum atomic E-state index is 13.0. The quantitative estimate of drug-likeness (QED) is 0.555. The molecule has 0 saturated carbocycles. The Balaban J connectivity index is 1.38. The zero-order chi connectivity index (χ0) is 20.7. The first-order chi connectivity index (χ1) is 14.6. The monoisotopic (exact) mass is 417 g/mol. The Bertz CT molecular complexity index is 1100. The second kappa shape index (κ2) is 7.62. The van der Waals surface area contributed by atoms with Crippen molar-refractivity contribution in [1.29, 1.82) is 0 Å². The molecule has 1 amide bonds. The molecule has 1 aliphatic carbocycles. The molecule has 0 bridgehead atoms. The molecule has 1 heterocycles. The minimum atomic E-state index is -0.711. The summed E-state index contributed by atoms with van der Waals surface area (Å²) in [6.45, 7) is 0.532. The number of carbonyl (C=O) groups is 2. The average molecular weight is 418 g/mol. The highest BCUT2D eigenvalue weighted by molar-refractivity contribution is 6.64. The normalized spacial score (nSPS) is 17.1. The van der Waals surface area contributed by atoms with E-state index < -0.39 is 17.4 Å². The molecule has 0 spiro atoms. The molecule has 30 heavy (non-hydrogen) atoms. The highest BCUT2D eigenvalue weighted by Gasteiger charge is 2.36. The van der Waals surface area contributed by atoms with E-state index in [1.807, 2.05) is 48.5 Å². The van der Waals surface area contributed by atoms with Crippen molar-refractivity contribution in [3.05, 3.63) is 95.1 Å². The van der Waals surface area contributed by atoms with Gasteiger partial charge in [0.15, 0.2) is 0 Å². The molecule has 1 atom stereocenters. The third-order valence-corrected chi connectivity index (χ3v) is 6.33. The van der Waals surface area contributed by atoms with Crippen LogP contribution in [0.5, 0.6) is 0 Å². The molecule has 3 aromatic carbocycles. The van der Waals surface area contributed by atoms with Gasteiger partial charge in [-0.25, -0.2) is 4.79 Å². The lowest BCUT2D eigenvalue weighted by atomic mass is 9.95.